The summed E-state index contributed by atoms with van der Waals surface area (Å²) in [6.45, 7) is 5.28. The second-order valence-electron chi connectivity index (χ2n) is 6.84. The van der Waals surface area contributed by atoms with E-state index in [-0.39, 0.29) is 0 Å². The van der Waals surface area contributed by atoms with Crippen molar-refractivity contribution >= 4 is 28.8 Å². The van der Waals surface area contributed by atoms with Crippen molar-refractivity contribution in [2.45, 2.75) is 6.92 Å². The summed E-state index contributed by atoms with van der Waals surface area (Å²) in [6, 6.07) is 16.0. The monoisotopic (exact) mass is 391 g/mol. The third-order valence-corrected chi connectivity index (χ3v) is 4.78. The minimum atomic E-state index is 0.503. The van der Waals surface area contributed by atoms with E-state index >= 15 is 0 Å². The van der Waals surface area contributed by atoms with Crippen LogP contribution in [0.5, 0.6) is 5.75 Å². The predicted octanol–water partition coefficient (Wildman–Crippen LogP) is 4.12. The lowest BCUT2D eigenvalue weighted by Gasteiger charge is -2.30. The molecule has 0 bridgehead atoms. The largest absolute Gasteiger partial charge is 0.495 e. The van der Waals surface area contributed by atoms with E-state index in [0.29, 0.717) is 5.95 Å². The van der Waals surface area contributed by atoms with Crippen molar-refractivity contribution in [2.75, 3.05) is 48.9 Å². The van der Waals surface area contributed by atoms with Gasteiger partial charge < -0.3 is 25.0 Å². The number of para-hydroxylation sites is 2. The Morgan fingerprint density at radius 1 is 1.00 bits per heavy atom. The van der Waals surface area contributed by atoms with Gasteiger partial charge in [0.15, 0.2) is 0 Å². The number of anilines is 5. The maximum atomic E-state index is 5.48. The van der Waals surface area contributed by atoms with E-state index in [1.807, 2.05) is 43.3 Å². The molecule has 7 nitrogen and oxygen atoms in total. The number of aryl methyl sites for hydroxylation is 1. The average molecular weight is 391 g/mol. The number of rotatable bonds is 6. The van der Waals surface area contributed by atoms with Crippen molar-refractivity contribution in [3.8, 4) is 5.75 Å². The van der Waals surface area contributed by atoms with E-state index in [4.69, 9.17) is 9.47 Å². The SMILES string of the molecule is COc1ccc(C)cc1Nc1nccc(Nc2ccccc2N2CCOCC2)n1. The molecule has 0 aliphatic carbocycles. The van der Waals surface area contributed by atoms with Crippen LogP contribution in [0.4, 0.5) is 28.8 Å². The summed E-state index contributed by atoms with van der Waals surface area (Å²) in [6.07, 6.45) is 1.73. The molecule has 0 amide bonds. The Morgan fingerprint density at radius 2 is 1.83 bits per heavy atom. The second kappa shape index (κ2) is 8.79. The quantitative estimate of drug-likeness (QED) is 0.655. The normalized spacial score (nSPS) is 13.8. The van der Waals surface area contributed by atoms with Gasteiger partial charge in [-0.15, -0.1) is 0 Å². The summed E-state index contributed by atoms with van der Waals surface area (Å²) in [5, 5.41) is 6.69. The zero-order chi connectivity index (χ0) is 20.1. The number of methoxy groups -OCH3 is 1. The molecule has 1 aliphatic heterocycles. The average Bonchev–Trinajstić information content (AvgIpc) is 2.75. The lowest BCUT2D eigenvalue weighted by Crippen LogP contribution is -2.36. The van der Waals surface area contributed by atoms with Crippen LogP contribution in [0.15, 0.2) is 54.7 Å². The van der Waals surface area contributed by atoms with Crippen LogP contribution in [-0.4, -0.2) is 43.4 Å². The molecule has 2 aromatic carbocycles. The Morgan fingerprint density at radius 3 is 2.66 bits per heavy atom. The molecule has 0 atom stereocenters. The topological polar surface area (TPSA) is 71.5 Å². The van der Waals surface area contributed by atoms with Crippen LogP contribution in [0.25, 0.3) is 0 Å². The molecule has 150 valence electrons. The molecule has 0 saturated carbocycles. The Kier molecular flexibility index (Phi) is 5.76. The van der Waals surface area contributed by atoms with E-state index in [1.54, 1.807) is 13.3 Å². The molecule has 0 radical (unpaired) electrons. The molecule has 29 heavy (non-hydrogen) atoms. The summed E-state index contributed by atoms with van der Waals surface area (Å²) < 4.78 is 10.9. The van der Waals surface area contributed by atoms with Gasteiger partial charge in [0, 0.05) is 19.3 Å². The Bertz CT molecular complexity index is 973. The van der Waals surface area contributed by atoms with Gasteiger partial charge >= 0.3 is 0 Å². The maximum absolute atomic E-state index is 5.48. The molecule has 3 aromatic rings. The van der Waals surface area contributed by atoms with Crippen LogP contribution >= 0.6 is 0 Å². The van der Waals surface area contributed by atoms with Crippen LogP contribution in [0, 0.1) is 6.92 Å². The van der Waals surface area contributed by atoms with E-state index < -0.39 is 0 Å². The molecule has 0 spiro atoms. The van der Waals surface area contributed by atoms with Gasteiger partial charge in [0.05, 0.1) is 37.4 Å². The van der Waals surface area contributed by atoms with Crippen molar-refractivity contribution in [3.05, 3.63) is 60.3 Å². The minimum absolute atomic E-state index is 0.503. The first-order valence-corrected chi connectivity index (χ1v) is 9.66. The van der Waals surface area contributed by atoms with Crippen molar-refractivity contribution < 1.29 is 9.47 Å². The Hall–Kier alpha value is -3.32. The summed E-state index contributed by atoms with van der Waals surface area (Å²) in [7, 11) is 1.65. The first kappa shape index (κ1) is 19.0. The highest BCUT2D eigenvalue weighted by atomic mass is 16.5. The van der Waals surface area contributed by atoms with Gasteiger partial charge in [-0.25, -0.2) is 4.98 Å². The zero-order valence-electron chi connectivity index (χ0n) is 16.7. The summed E-state index contributed by atoms with van der Waals surface area (Å²) in [5.74, 6) is 1.97. The summed E-state index contributed by atoms with van der Waals surface area (Å²) in [5.41, 5.74) is 4.11. The van der Waals surface area contributed by atoms with Gasteiger partial charge in [-0.3, -0.25) is 0 Å². The molecule has 0 unspecified atom stereocenters. The molecule has 1 aromatic heterocycles. The van der Waals surface area contributed by atoms with Crippen LogP contribution in [0.2, 0.25) is 0 Å². The van der Waals surface area contributed by atoms with Gasteiger partial charge in [-0.05, 0) is 42.8 Å². The zero-order valence-corrected chi connectivity index (χ0v) is 16.7. The molecule has 2 heterocycles. The van der Waals surface area contributed by atoms with Gasteiger partial charge in [-0.2, -0.15) is 4.98 Å². The van der Waals surface area contributed by atoms with Crippen molar-refractivity contribution in [1.29, 1.82) is 0 Å². The highest BCUT2D eigenvalue weighted by Gasteiger charge is 2.15. The Labute approximate surface area is 170 Å². The predicted molar refractivity (Wildman–Crippen MR) is 116 cm³/mol. The van der Waals surface area contributed by atoms with Crippen molar-refractivity contribution in [1.82, 2.24) is 9.97 Å². The molecule has 1 fully saturated rings. The highest BCUT2D eigenvalue weighted by Crippen LogP contribution is 2.30. The fraction of sp³-hybridized carbons (Fsp3) is 0.273. The summed E-state index contributed by atoms with van der Waals surface area (Å²) in [4.78, 5) is 11.3. The minimum Gasteiger partial charge on any atom is -0.495 e. The first-order valence-electron chi connectivity index (χ1n) is 9.66. The lowest BCUT2D eigenvalue weighted by molar-refractivity contribution is 0.123. The van der Waals surface area contributed by atoms with Crippen LogP contribution in [-0.2, 0) is 4.74 Å². The van der Waals surface area contributed by atoms with Crippen LogP contribution in [0.3, 0.4) is 0 Å². The second-order valence-corrected chi connectivity index (χ2v) is 6.84. The molecule has 4 rings (SSSR count). The standard InChI is InChI=1S/C22H25N5O2/c1-16-7-8-20(28-2)18(15-16)25-22-23-10-9-21(26-22)24-17-5-3-4-6-19(17)27-11-13-29-14-12-27/h3-10,15H,11-14H2,1-2H3,(H2,23,24,25,26). The van der Waals surface area contributed by atoms with Crippen LogP contribution in [0.1, 0.15) is 5.56 Å². The fourth-order valence-corrected chi connectivity index (χ4v) is 3.33. The number of nitrogens with zero attached hydrogens (tertiary/aromatic N) is 3. The van der Waals surface area contributed by atoms with Crippen molar-refractivity contribution in [2.24, 2.45) is 0 Å². The number of benzene rings is 2. The smallest absolute Gasteiger partial charge is 0.229 e. The molecule has 7 heteroatoms. The van der Waals surface area contributed by atoms with Gasteiger partial charge in [0.1, 0.15) is 11.6 Å². The lowest BCUT2D eigenvalue weighted by atomic mass is 10.2. The Balaban J connectivity index is 1.55. The number of aromatic nitrogens is 2. The van der Waals surface area contributed by atoms with Gasteiger partial charge in [0.25, 0.3) is 0 Å². The van der Waals surface area contributed by atoms with Crippen molar-refractivity contribution in [3.63, 3.8) is 0 Å². The number of hydrogen-bond donors (Lipinski definition) is 2. The molecule has 1 aliphatic rings. The van der Waals surface area contributed by atoms with E-state index in [1.165, 1.54) is 0 Å². The summed E-state index contributed by atoms with van der Waals surface area (Å²) >= 11 is 0. The number of hydrogen-bond acceptors (Lipinski definition) is 7. The van der Waals surface area contributed by atoms with E-state index in [0.717, 1.165) is 60.5 Å². The van der Waals surface area contributed by atoms with E-state index in [9.17, 15) is 0 Å². The maximum Gasteiger partial charge on any atom is 0.229 e. The molecular formula is C22H25N5O2. The third kappa shape index (κ3) is 4.57. The van der Waals surface area contributed by atoms with Gasteiger partial charge in [0.2, 0.25) is 5.95 Å². The van der Waals surface area contributed by atoms with E-state index in [2.05, 4.69) is 37.6 Å². The highest BCUT2D eigenvalue weighted by molar-refractivity contribution is 5.74. The fourth-order valence-electron chi connectivity index (χ4n) is 3.33. The number of nitrogens with one attached hydrogen (secondary N) is 2. The third-order valence-electron chi connectivity index (χ3n) is 4.78. The van der Waals surface area contributed by atoms with Gasteiger partial charge in [-0.1, -0.05) is 18.2 Å². The number of ether oxygens (including phenoxy) is 2. The molecular weight excluding hydrogens is 366 g/mol. The first-order chi connectivity index (χ1) is 14.2. The molecule has 2 N–H and O–H groups in total. The van der Waals surface area contributed by atoms with Crippen LogP contribution < -0.4 is 20.3 Å². The number of morpholine rings is 1. The molecule has 1 saturated heterocycles.